The summed E-state index contributed by atoms with van der Waals surface area (Å²) in [4.78, 5) is 27.0. The van der Waals surface area contributed by atoms with Gasteiger partial charge in [-0.2, -0.15) is 0 Å². The van der Waals surface area contributed by atoms with Gasteiger partial charge in [0, 0.05) is 16.9 Å². The second-order valence-corrected chi connectivity index (χ2v) is 8.46. The number of para-hydroxylation sites is 1. The molecule has 158 valence electrons. The van der Waals surface area contributed by atoms with E-state index in [-0.39, 0.29) is 22.8 Å². The smallest absolute Gasteiger partial charge is 0.255 e. The highest BCUT2D eigenvalue weighted by Gasteiger charge is 2.34. The molecule has 1 heterocycles. The highest BCUT2D eigenvalue weighted by atomic mass is 32.2. The standard InChI is InChI=1S/C25H23FN2O2S/c1-2-6-17-7-3-4-10-22(17)28-23(29)16-31-25(28)18-11-13-21(14-12-18)27-24(30)19-8-5-9-20(26)15-19/h3-5,7-15,25H,2,6,16H2,1H3,(H,27,30)/t25-/m0/s1. The quantitative estimate of drug-likeness (QED) is 0.533. The summed E-state index contributed by atoms with van der Waals surface area (Å²) in [7, 11) is 0. The number of nitrogens with zero attached hydrogens (tertiary/aromatic N) is 1. The molecule has 6 heteroatoms. The van der Waals surface area contributed by atoms with Crippen LogP contribution in [0.5, 0.6) is 0 Å². The molecule has 3 aromatic rings. The van der Waals surface area contributed by atoms with Crippen LogP contribution in [0.3, 0.4) is 0 Å². The molecule has 0 bridgehead atoms. The first-order chi connectivity index (χ1) is 15.1. The summed E-state index contributed by atoms with van der Waals surface area (Å²) in [5.41, 5.74) is 4.01. The maximum atomic E-state index is 13.4. The van der Waals surface area contributed by atoms with Crippen LogP contribution in [0.1, 0.15) is 40.2 Å². The van der Waals surface area contributed by atoms with E-state index in [0.29, 0.717) is 11.4 Å². The number of nitrogens with one attached hydrogen (secondary N) is 1. The SMILES string of the molecule is CCCc1ccccc1N1C(=O)CS[C@H]1c1ccc(NC(=O)c2cccc(F)c2)cc1. The fourth-order valence-corrected chi connectivity index (χ4v) is 4.89. The minimum Gasteiger partial charge on any atom is -0.322 e. The summed E-state index contributed by atoms with van der Waals surface area (Å²) < 4.78 is 13.4. The summed E-state index contributed by atoms with van der Waals surface area (Å²) in [5, 5.41) is 2.68. The van der Waals surface area contributed by atoms with Crippen molar-refractivity contribution < 1.29 is 14.0 Å². The first kappa shape index (κ1) is 21.1. The van der Waals surface area contributed by atoms with E-state index in [1.54, 1.807) is 17.8 Å². The number of aryl methyl sites for hydroxylation is 1. The van der Waals surface area contributed by atoms with Gasteiger partial charge in [-0.25, -0.2) is 4.39 Å². The number of rotatable bonds is 6. The number of amides is 2. The molecule has 4 nitrogen and oxygen atoms in total. The molecule has 2 amide bonds. The highest BCUT2D eigenvalue weighted by molar-refractivity contribution is 8.00. The number of carbonyl (C=O) groups is 2. The van der Waals surface area contributed by atoms with Crippen molar-refractivity contribution in [1.29, 1.82) is 0 Å². The molecule has 0 saturated carbocycles. The molecule has 0 unspecified atom stereocenters. The molecule has 0 aromatic heterocycles. The van der Waals surface area contributed by atoms with Crippen LogP contribution < -0.4 is 10.2 Å². The molecule has 1 aliphatic heterocycles. The van der Waals surface area contributed by atoms with Crippen molar-refractivity contribution in [2.75, 3.05) is 16.0 Å². The third-order valence-corrected chi connectivity index (χ3v) is 6.39. The van der Waals surface area contributed by atoms with E-state index in [1.165, 1.54) is 23.8 Å². The number of carbonyl (C=O) groups excluding carboxylic acids is 2. The Balaban J connectivity index is 1.54. The zero-order valence-electron chi connectivity index (χ0n) is 17.2. The summed E-state index contributed by atoms with van der Waals surface area (Å²) in [6, 6.07) is 21.1. The van der Waals surface area contributed by atoms with Crippen molar-refractivity contribution in [1.82, 2.24) is 0 Å². The van der Waals surface area contributed by atoms with E-state index in [9.17, 15) is 14.0 Å². The van der Waals surface area contributed by atoms with Crippen molar-refractivity contribution in [2.45, 2.75) is 25.1 Å². The van der Waals surface area contributed by atoms with Gasteiger partial charge < -0.3 is 5.32 Å². The highest BCUT2D eigenvalue weighted by Crippen LogP contribution is 2.43. The van der Waals surface area contributed by atoms with Crippen LogP contribution in [0.2, 0.25) is 0 Å². The molecule has 1 aliphatic rings. The van der Waals surface area contributed by atoms with Crippen LogP contribution >= 0.6 is 11.8 Å². The average Bonchev–Trinajstić information content (AvgIpc) is 3.16. The number of halogens is 1. The lowest BCUT2D eigenvalue weighted by Gasteiger charge is -2.26. The number of hydrogen-bond donors (Lipinski definition) is 1. The molecule has 0 spiro atoms. The molecule has 3 aromatic carbocycles. The van der Waals surface area contributed by atoms with E-state index < -0.39 is 5.82 Å². The second kappa shape index (κ2) is 9.35. The Bertz CT molecular complexity index is 1100. The van der Waals surface area contributed by atoms with Crippen molar-refractivity contribution in [2.24, 2.45) is 0 Å². The largest absolute Gasteiger partial charge is 0.322 e. The molecule has 0 radical (unpaired) electrons. The van der Waals surface area contributed by atoms with Gasteiger partial charge in [0.2, 0.25) is 5.91 Å². The van der Waals surface area contributed by atoms with Crippen LogP contribution in [0.25, 0.3) is 0 Å². The van der Waals surface area contributed by atoms with Gasteiger partial charge in [-0.3, -0.25) is 14.5 Å². The van der Waals surface area contributed by atoms with E-state index >= 15 is 0 Å². The lowest BCUT2D eigenvalue weighted by molar-refractivity contribution is -0.115. The van der Waals surface area contributed by atoms with E-state index in [4.69, 9.17) is 0 Å². The van der Waals surface area contributed by atoms with E-state index in [2.05, 4.69) is 18.3 Å². The minimum absolute atomic E-state index is 0.0991. The molecule has 4 rings (SSSR count). The lowest BCUT2D eigenvalue weighted by Crippen LogP contribution is -2.28. The van der Waals surface area contributed by atoms with Gasteiger partial charge in [-0.1, -0.05) is 49.7 Å². The fraction of sp³-hybridized carbons (Fsp3) is 0.200. The van der Waals surface area contributed by atoms with Crippen molar-refractivity contribution in [3.63, 3.8) is 0 Å². The minimum atomic E-state index is -0.450. The zero-order chi connectivity index (χ0) is 21.8. The Morgan fingerprint density at radius 1 is 1.10 bits per heavy atom. The van der Waals surface area contributed by atoms with Crippen LogP contribution in [-0.2, 0) is 11.2 Å². The van der Waals surface area contributed by atoms with Crippen LogP contribution in [0.15, 0.2) is 72.8 Å². The third-order valence-electron chi connectivity index (χ3n) is 5.18. The maximum absolute atomic E-state index is 13.4. The van der Waals surface area contributed by atoms with Gasteiger partial charge in [-0.05, 0) is 53.9 Å². The molecule has 1 fully saturated rings. The normalized spacial score (nSPS) is 15.9. The van der Waals surface area contributed by atoms with Crippen LogP contribution in [-0.4, -0.2) is 17.6 Å². The topological polar surface area (TPSA) is 49.4 Å². The fourth-order valence-electron chi connectivity index (χ4n) is 3.72. The van der Waals surface area contributed by atoms with Crippen LogP contribution in [0.4, 0.5) is 15.8 Å². The number of thioether (sulfide) groups is 1. The molecule has 1 N–H and O–H groups in total. The van der Waals surface area contributed by atoms with E-state index in [0.717, 1.165) is 24.1 Å². The van der Waals surface area contributed by atoms with Crippen LogP contribution in [0, 0.1) is 5.82 Å². The Labute approximate surface area is 185 Å². The number of benzene rings is 3. The molecule has 31 heavy (non-hydrogen) atoms. The lowest BCUT2D eigenvalue weighted by atomic mass is 10.1. The first-order valence-corrected chi connectivity index (χ1v) is 11.3. The predicted octanol–water partition coefficient (Wildman–Crippen LogP) is 5.81. The van der Waals surface area contributed by atoms with E-state index in [1.807, 2.05) is 47.4 Å². The Morgan fingerprint density at radius 3 is 2.61 bits per heavy atom. The number of anilines is 2. The molecule has 1 atom stereocenters. The van der Waals surface area contributed by atoms with Crippen molar-refractivity contribution >= 4 is 35.0 Å². The summed E-state index contributed by atoms with van der Waals surface area (Å²) in [5.74, 6) is -0.285. The molecular weight excluding hydrogens is 411 g/mol. The van der Waals surface area contributed by atoms with Gasteiger partial charge in [0.25, 0.3) is 5.91 Å². The summed E-state index contributed by atoms with van der Waals surface area (Å²) in [6.45, 7) is 2.13. The van der Waals surface area contributed by atoms with Gasteiger partial charge in [0.1, 0.15) is 11.2 Å². The Morgan fingerprint density at radius 2 is 1.87 bits per heavy atom. The Hall–Kier alpha value is -3.12. The number of hydrogen-bond acceptors (Lipinski definition) is 3. The van der Waals surface area contributed by atoms with Crippen molar-refractivity contribution in [3.05, 3.63) is 95.3 Å². The second-order valence-electron chi connectivity index (χ2n) is 7.39. The molecular formula is C25H23FN2O2S. The van der Waals surface area contributed by atoms with Gasteiger partial charge in [-0.15, -0.1) is 11.8 Å². The van der Waals surface area contributed by atoms with Crippen molar-refractivity contribution in [3.8, 4) is 0 Å². The average molecular weight is 435 g/mol. The van der Waals surface area contributed by atoms with Gasteiger partial charge >= 0.3 is 0 Å². The molecule has 1 saturated heterocycles. The first-order valence-electron chi connectivity index (χ1n) is 10.2. The Kier molecular flexibility index (Phi) is 6.37. The summed E-state index contributed by atoms with van der Waals surface area (Å²) >= 11 is 1.60. The van der Waals surface area contributed by atoms with Gasteiger partial charge in [0.05, 0.1) is 5.75 Å². The monoisotopic (exact) mass is 434 g/mol. The zero-order valence-corrected chi connectivity index (χ0v) is 18.0. The maximum Gasteiger partial charge on any atom is 0.255 e. The predicted molar refractivity (Wildman–Crippen MR) is 124 cm³/mol. The molecule has 0 aliphatic carbocycles. The third kappa shape index (κ3) is 4.64. The van der Waals surface area contributed by atoms with Gasteiger partial charge in [0.15, 0.2) is 0 Å². The summed E-state index contributed by atoms with van der Waals surface area (Å²) in [6.07, 6.45) is 1.93.